The Morgan fingerprint density at radius 1 is 1.75 bits per heavy atom. The van der Waals surface area contributed by atoms with Crippen LogP contribution in [0.3, 0.4) is 0 Å². The lowest BCUT2D eigenvalue weighted by Crippen LogP contribution is -2.25. The van der Waals surface area contributed by atoms with E-state index in [1.54, 1.807) is 6.20 Å². The van der Waals surface area contributed by atoms with E-state index in [9.17, 15) is 0 Å². The van der Waals surface area contributed by atoms with Crippen LogP contribution in [0.15, 0.2) is 22.8 Å². The van der Waals surface area contributed by atoms with Crippen LogP contribution in [0.1, 0.15) is 6.92 Å². The SMILES string of the molecule is CC(N)CNc1ncccc1Br. The predicted molar refractivity (Wildman–Crippen MR) is 54.1 cm³/mol. The molecular weight excluding hydrogens is 218 g/mol. The third-order valence-corrected chi connectivity index (χ3v) is 1.99. The molecule has 1 aromatic rings. The normalized spacial score (nSPS) is 12.6. The maximum Gasteiger partial charge on any atom is 0.140 e. The van der Waals surface area contributed by atoms with Crippen LogP contribution in [0.5, 0.6) is 0 Å². The van der Waals surface area contributed by atoms with E-state index in [0.717, 1.165) is 16.8 Å². The van der Waals surface area contributed by atoms with Crippen molar-refractivity contribution in [3.05, 3.63) is 22.8 Å². The molecule has 12 heavy (non-hydrogen) atoms. The molecule has 0 spiro atoms. The Balaban J connectivity index is 2.57. The molecule has 3 N–H and O–H groups in total. The van der Waals surface area contributed by atoms with Crippen molar-refractivity contribution >= 4 is 21.7 Å². The van der Waals surface area contributed by atoms with Gasteiger partial charge < -0.3 is 11.1 Å². The lowest BCUT2D eigenvalue weighted by atomic mass is 10.3. The molecule has 0 fully saturated rings. The van der Waals surface area contributed by atoms with E-state index in [4.69, 9.17) is 5.73 Å². The second-order valence-corrected chi connectivity index (χ2v) is 3.55. The van der Waals surface area contributed by atoms with Crippen LogP contribution in [-0.2, 0) is 0 Å². The zero-order valence-corrected chi connectivity index (χ0v) is 8.51. The number of pyridine rings is 1. The molecule has 66 valence electrons. The Bertz CT molecular complexity index is 250. The molecule has 1 unspecified atom stereocenters. The first-order valence-electron chi connectivity index (χ1n) is 3.80. The molecule has 1 rings (SSSR count). The number of aromatic nitrogens is 1. The molecule has 0 aliphatic carbocycles. The summed E-state index contributed by atoms with van der Waals surface area (Å²) in [5, 5.41) is 3.13. The van der Waals surface area contributed by atoms with Crippen LogP contribution in [-0.4, -0.2) is 17.6 Å². The number of nitrogens with zero attached hydrogens (tertiary/aromatic N) is 1. The number of nitrogens with two attached hydrogens (primary N) is 1. The van der Waals surface area contributed by atoms with Gasteiger partial charge in [0.1, 0.15) is 5.82 Å². The van der Waals surface area contributed by atoms with Gasteiger partial charge in [0, 0.05) is 18.8 Å². The minimum atomic E-state index is 0.138. The first-order chi connectivity index (χ1) is 5.70. The molecule has 0 bridgehead atoms. The highest BCUT2D eigenvalue weighted by Gasteiger charge is 1.99. The maximum absolute atomic E-state index is 5.58. The van der Waals surface area contributed by atoms with E-state index in [1.165, 1.54) is 0 Å². The highest BCUT2D eigenvalue weighted by molar-refractivity contribution is 9.10. The molecule has 4 heteroatoms. The van der Waals surface area contributed by atoms with Crippen LogP contribution in [0, 0.1) is 0 Å². The summed E-state index contributed by atoms with van der Waals surface area (Å²) in [6, 6.07) is 3.95. The summed E-state index contributed by atoms with van der Waals surface area (Å²) >= 11 is 3.38. The Morgan fingerprint density at radius 2 is 2.50 bits per heavy atom. The van der Waals surface area contributed by atoms with Gasteiger partial charge in [0.05, 0.1) is 4.47 Å². The van der Waals surface area contributed by atoms with Crippen molar-refractivity contribution < 1.29 is 0 Å². The smallest absolute Gasteiger partial charge is 0.140 e. The molecule has 1 atom stereocenters. The minimum absolute atomic E-state index is 0.138. The van der Waals surface area contributed by atoms with Crippen molar-refractivity contribution in [1.82, 2.24) is 4.98 Å². The Morgan fingerprint density at radius 3 is 3.08 bits per heavy atom. The van der Waals surface area contributed by atoms with Gasteiger partial charge in [-0.1, -0.05) is 0 Å². The van der Waals surface area contributed by atoms with E-state index in [2.05, 4.69) is 26.2 Å². The first-order valence-corrected chi connectivity index (χ1v) is 4.59. The number of nitrogens with one attached hydrogen (secondary N) is 1. The maximum atomic E-state index is 5.58. The van der Waals surface area contributed by atoms with Crippen molar-refractivity contribution in [1.29, 1.82) is 0 Å². The Hall–Kier alpha value is -0.610. The van der Waals surface area contributed by atoms with Crippen molar-refractivity contribution in [2.24, 2.45) is 5.73 Å². The van der Waals surface area contributed by atoms with Crippen molar-refractivity contribution in [3.8, 4) is 0 Å². The van der Waals surface area contributed by atoms with Gasteiger partial charge in [0.2, 0.25) is 0 Å². The fraction of sp³-hybridized carbons (Fsp3) is 0.375. The van der Waals surface area contributed by atoms with E-state index >= 15 is 0 Å². The average Bonchev–Trinajstić information content (AvgIpc) is 2.03. The standard InChI is InChI=1S/C8H12BrN3/c1-6(10)5-12-8-7(9)3-2-4-11-8/h2-4,6H,5,10H2,1H3,(H,11,12). The molecule has 3 nitrogen and oxygen atoms in total. The molecule has 0 radical (unpaired) electrons. The lowest BCUT2D eigenvalue weighted by molar-refractivity contribution is 0.777. The molecular formula is C8H12BrN3. The summed E-state index contributed by atoms with van der Waals surface area (Å²) in [5.41, 5.74) is 5.58. The van der Waals surface area contributed by atoms with Gasteiger partial charge in [-0.2, -0.15) is 0 Å². The average molecular weight is 230 g/mol. The number of rotatable bonds is 3. The molecule has 1 heterocycles. The van der Waals surface area contributed by atoms with Gasteiger partial charge in [-0.05, 0) is 35.0 Å². The zero-order chi connectivity index (χ0) is 8.97. The topological polar surface area (TPSA) is 50.9 Å². The summed E-state index contributed by atoms with van der Waals surface area (Å²) in [6.45, 7) is 2.68. The third kappa shape index (κ3) is 2.79. The quantitative estimate of drug-likeness (QED) is 0.829. The number of anilines is 1. The largest absolute Gasteiger partial charge is 0.368 e. The van der Waals surface area contributed by atoms with Crippen LogP contribution >= 0.6 is 15.9 Å². The van der Waals surface area contributed by atoms with E-state index in [0.29, 0.717) is 0 Å². The van der Waals surface area contributed by atoms with Crippen LogP contribution in [0.25, 0.3) is 0 Å². The molecule has 0 aliphatic heterocycles. The van der Waals surface area contributed by atoms with Gasteiger partial charge in [0.15, 0.2) is 0 Å². The van der Waals surface area contributed by atoms with Gasteiger partial charge in [-0.25, -0.2) is 4.98 Å². The summed E-state index contributed by atoms with van der Waals surface area (Å²) < 4.78 is 0.964. The van der Waals surface area contributed by atoms with E-state index in [1.807, 2.05) is 19.1 Å². The van der Waals surface area contributed by atoms with Crippen molar-refractivity contribution in [3.63, 3.8) is 0 Å². The van der Waals surface area contributed by atoms with Gasteiger partial charge in [0.25, 0.3) is 0 Å². The molecule has 0 aromatic carbocycles. The van der Waals surface area contributed by atoms with E-state index < -0.39 is 0 Å². The molecule has 0 amide bonds. The lowest BCUT2D eigenvalue weighted by Gasteiger charge is -2.08. The summed E-state index contributed by atoms with van der Waals surface area (Å²) in [7, 11) is 0. The highest BCUT2D eigenvalue weighted by Crippen LogP contribution is 2.17. The second kappa shape index (κ2) is 4.42. The Labute approximate surface area is 80.5 Å². The third-order valence-electron chi connectivity index (χ3n) is 1.35. The number of hydrogen-bond donors (Lipinski definition) is 2. The van der Waals surface area contributed by atoms with Crippen molar-refractivity contribution in [2.75, 3.05) is 11.9 Å². The minimum Gasteiger partial charge on any atom is -0.368 e. The van der Waals surface area contributed by atoms with Crippen molar-refractivity contribution in [2.45, 2.75) is 13.0 Å². The fourth-order valence-electron chi connectivity index (χ4n) is 0.773. The van der Waals surface area contributed by atoms with E-state index in [-0.39, 0.29) is 6.04 Å². The van der Waals surface area contributed by atoms with Crippen LogP contribution < -0.4 is 11.1 Å². The highest BCUT2D eigenvalue weighted by atomic mass is 79.9. The predicted octanol–water partition coefficient (Wildman–Crippen LogP) is 1.60. The zero-order valence-electron chi connectivity index (χ0n) is 6.92. The van der Waals surface area contributed by atoms with Crippen LogP contribution in [0.4, 0.5) is 5.82 Å². The number of hydrogen-bond acceptors (Lipinski definition) is 3. The summed E-state index contributed by atoms with van der Waals surface area (Å²) in [4.78, 5) is 4.14. The second-order valence-electron chi connectivity index (χ2n) is 2.69. The number of halogens is 1. The molecule has 1 aromatic heterocycles. The summed E-state index contributed by atoms with van der Waals surface area (Å²) in [6.07, 6.45) is 1.74. The van der Waals surface area contributed by atoms with Gasteiger partial charge in [-0.15, -0.1) is 0 Å². The van der Waals surface area contributed by atoms with Crippen LogP contribution in [0.2, 0.25) is 0 Å². The van der Waals surface area contributed by atoms with Gasteiger partial charge in [-0.3, -0.25) is 0 Å². The fourth-order valence-corrected chi connectivity index (χ4v) is 1.17. The van der Waals surface area contributed by atoms with Gasteiger partial charge >= 0.3 is 0 Å². The summed E-state index contributed by atoms with van der Waals surface area (Å²) in [5.74, 6) is 0.842. The molecule has 0 aliphatic rings. The Kier molecular flexibility index (Phi) is 3.49. The molecule has 0 saturated heterocycles. The monoisotopic (exact) mass is 229 g/mol. The first kappa shape index (κ1) is 9.48. The molecule has 0 saturated carbocycles.